The largest absolute Gasteiger partial charge is 0.573 e. The molecule has 144 valence electrons. The van der Waals surface area contributed by atoms with Crippen molar-refractivity contribution in [3.05, 3.63) is 59.9 Å². The van der Waals surface area contributed by atoms with Gasteiger partial charge >= 0.3 is 12.5 Å². The third-order valence-corrected chi connectivity index (χ3v) is 3.76. The second-order valence-corrected chi connectivity index (χ2v) is 5.67. The molecule has 3 rings (SSSR count). The average molecular weight is 390 g/mol. The molecule has 0 amide bonds. The highest BCUT2D eigenvalue weighted by atomic mass is 19.4. The zero-order chi connectivity index (χ0) is 19.8. The molecule has 0 saturated heterocycles. The zero-order valence-corrected chi connectivity index (χ0v) is 13.4. The number of imidazole rings is 1. The molecule has 0 saturated carbocycles. The van der Waals surface area contributed by atoms with E-state index in [2.05, 4.69) is 9.72 Å². The van der Waals surface area contributed by atoms with Crippen LogP contribution in [-0.4, -0.2) is 21.0 Å². The summed E-state index contributed by atoms with van der Waals surface area (Å²) in [5, 5.41) is 10.3. The van der Waals surface area contributed by atoms with Gasteiger partial charge in [0.1, 0.15) is 5.75 Å². The van der Waals surface area contributed by atoms with Gasteiger partial charge in [-0.1, -0.05) is 24.3 Å². The molecule has 0 bridgehead atoms. The van der Waals surface area contributed by atoms with Crippen molar-refractivity contribution >= 4 is 11.0 Å². The number of rotatable bonds is 4. The summed E-state index contributed by atoms with van der Waals surface area (Å²) in [6, 6.07) is 10.2. The van der Waals surface area contributed by atoms with Crippen molar-refractivity contribution in [2.45, 2.75) is 25.2 Å². The molecular formula is C17H12F6N2O2. The Kier molecular flexibility index (Phi) is 4.77. The van der Waals surface area contributed by atoms with Crippen LogP contribution < -0.4 is 4.74 Å². The number of alkyl halides is 6. The molecule has 0 aliphatic heterocycles. The molecule has 0 aliphatic rings. The van der Waals surface area contributed by atoms with Gasteiger partial charge in [0.2, 0.25) is 5.82 Å². The van der Waals surface area contributed by atoms with Crippen LogP contribution in [0.25, 0.3) is 11.0 Å². The van der Waals surface area contributed by atoms with Crippen LogP contribution in [0.15, 0.2) is 48.5 Å². The lowest BCUT2D eigenvalue weighted by atomic mass is 10.1. The van der Waals surface area contributed by atoms with Crippen molar-refractivity contribution in [1.29, 1.82) is 0 Å². The lowest BCUT2D eigenvalue weighted by Crippen LogP contribution is -2.18. The van der Waals surface area contributed by atoms with Gasteiger partial charge in [-0.2, -0.15) is 13.2 Å². The van der Waals surface area contributed by atoms with Crippen molar-refractivity contribution in [2.24, 2.45) is 0 Å². The predicted molar refractivity (Wildman–Crippen MR) is 82.8 cm³/mol. The SMILES string of the molecule is O[C@H](Cn1c(C(F)(F)F)nc2ccccc21)c1ccc(OC(F)(F)F)cc1. The Balaban J connectivity index is 1.89. The first-order valence-electron chi connectivity index (χ1n) is 7.61. The molecule has 0 radical (unpaired) electrons. The molecule has 4 nitrogen and oxygen atoms in total. The Labute approximate surface area is 148 Å². The molecule has 0 unspecified atom stereocenters. The topological polar surface area (TPSA) is 47.3 Å². The Morgan fingerprint density at radius 1 is 0.963 bits per heavy atom. The summed E-state index contributed by atoms with van der Waals surface area (Å²) in [7, 11) is 0. The van der Waals surface area contributed by atoms with E-state index in [0.717, 1.165) is 28.8 Å². The second kappa shape index (κ2) is 6.76. The third kappa shape index (κ3) is 4.33. The van der Waals surface area contributed by atoms with Gasteiger partial charge in [-0.25, -0.2) is 4.98 Å². The summed E-state index contributed by atoms with van der Waals surface area (Å²) in [5.74, 6) is -1.66. The molecule has 27 heavy (non-hydrogen) atoms. The van der Waals surface area contributed by atoms with Crippen LogP contribution >= 0.6 is 0 Å². The molecule has 10 heteroatoms. The number of halogens is 6. The summed E-state index contributed by atoms with van der Waals surface area (Å²) < 4.78 is 80.8. The number of nitrogens with zero attached hydrogens (tertiary/aromatic N) is 2. The summed E-state index contributed by atoms with van der Waals surface area (Å²) in [4.78, 5) is 3.57. The first kappa shape index (κ1) is 19.0. The van der Waals surface area contributed by atoms with Gasteiger partial charge in [0.05, 0.1) is 23.7 Å². The van der Waals surface area contributed by atoms with Gasteiger partial charge in [0.15, 0.2) is 0 Å². The molecule has 0 aliphatic carbocycles. The van der Waals surface area contributed by atoms with Crippen LogP contribution in [0.1, 0.15) is 17.5 Å². The van der Waals surface area contributed by atoms with E-state index in [9.17, 15) is 31.4 Å². The van der Waals surface area contributed by atoms with Crippen LogP contribution in [0, 0.1) is 0 Å². The monoisotopic (exact) mass is 390 g/mol. The standard InChI is InChI=1S/C17H12F6N2O2/c18-16(19,20)15-24-12-3-1-2-4-13(12)25(15)9-14(26)10-5-7-11(8-6-10)27-17(21,22)23/h1-8,14,26H,9H2/t14-/m1/s1. The van der Waals surface area contributed by atoms with Gasteiger partial charge in [0.25, 0.3) is 0 Å². The van der Waals surface area contributed by atoms with Crippen LogP contribution in [0.5, 0.6) is 5.75 Å². The molecular weight excluding hydrogens is 378 g/mol. The van der Waals surface area contributed by atoms with Gasteiger partial charge < -0.3 is 14.4 Å². The predicted octanol–water partition coefficient (Wildman–Crippen LogP) is 4.69. The van der Waals surface area contributed by atoms with Gasteiger partial charge in [-0.05, 0) is 29.8 Å². The van der Waals surface area contributed by atoms with Gasteiger partial charge in [0, 0.05) is 0 Å². The number of aliphatic hydroxyl groups excluding tert-OH is 1. The highest BCUT2D eigenvalue weighted by Crippen LogP contribution is 2.33. The maximum absolute atomic E-state index is 13.3. The molecule has 1 heterocycles. The fraction of sp³-hybridized carbons (Fsp3) is 0.235. The average Bonchev–Trinajstić information content (AvgIpc) is 2.93. The van der Waals surface area contributed by atoms with Crippen molar-refractivity contribution in [1.82, 2.24) is 9.55 Å². The maximum Gasteiger partial charge on any atom is 0.573 e. The minimum Gasteiger partial charge on any atom is -0.406 e. The van der Waals surface area contributed by atoms with E-state index in [1.54, 1.807) is 0 Å². The van der Waals surface area contributed by atoms with Crippen LogP contribution in [0.4, 0.5) is 26.3 Å². The smallest absolute Gasteiger partial charge is 0.406 e. The van der Waals surface area contributed by atoms with Gasteiger partial charge in [-0.3, -0.25) is 0 Å². The maximum atomic E-state index is 13.3. The molecule has 2 aromatic carbocycles. The number of para-hydroxylation sites is 2. The molecule has 1 atom stereocenters. The first-order valence-corrected chi connectivity index (χ1v) is 7.61. The lowest BCUT2D eigenvalue weighted by Gasteiger charge is -2.17. The fourth-order valence-electron chi connectivity index (χ4n) is 2.65. The van der Waals surface area contributed by atoms with Crippen molar-refractivity contribution in [2.75, 3.05) is 0 Å². The summed E-state index contributed by atoms with van der Waals surface area (Å²) >= 11 is 0. The molecule has 1 N–H and O–H groups in total. The summed E-state index contributed by atoms with van der Waals surface area (Å²) in [6.45, 7) is -0.477. The first-order chi connectivity index (χ1) is 12.5. The number of aromatic nitrogens is 2. The normalized spacial score (nSPS) is 13.7. The highest BCUT2D eigenvalue weighted by molar-refractivity contribution is 5.76. The van der Waals surface area contributed by atoms with Crippen LogP contribution in [-0.2, 0) is 12.7 Å². The number of hydrogen-bond acceptors (Lipinski definition) is 3. The fourth-order valence-corrected chi connectivity index (χ4v) is 2.65. The Hall–Kier alpha value is -2.75. The highest BCUT2D eigenvalue weighted by Gasteiger charge is 2.38. The molecule has 3 aromatic rings. The minimum absolute atomic E-state index is 0.117. The number of ether oxygens (including phenoxy) is 1. The zero-order valence-electron chi connectivity index (χ0n) is 13.4. The minimum atomic E-state index is -4.86. The summed E-state index contributed by atoms with van der Waals surface area (Å²) in [5.41, 5.74) is 0.433. The summed E-state index contributed by atoms with van der Waals surface area (Å²) in [6.07, 6.45) is -11.0. The molecule has 1 aromatic heterocycles. The lowest BCUT2D eigenvalue weighted by molar-refractivity contribution is -0.274. The van der Waals surface area contributed by atoms with E-state index in [1.807, 2.05) is 0 Å². The quantitative estimate of drug-likeness (QED) is 0.658. The Bertz CT molecular complexity index is 931. The number of benzene rings is 2. The second-order valence-electron chi connectivity index (χ2n) is 5.67. The Morgan fingerprint density at radius 3 is 2.19 bits per heavy atom. The molecule has 0 spiro atoms. The van der Waals surface area contributed by atoms with E-state index >= 15 is 0 Å². The number of aliphatic hydroxyl groups is 1. The third-order valence-electron chi connectivity index (χ3n) is 3.76. The van der Waals surface area contributed by atoms with Crippen LogP contribution in [0.2, 0.25) is 0 Å². The van der Waals surface area contributed by atoms with E-state index in [4.69, 9.17) is 0 Å². The van der Waals surface area contributed by atoms with Crippen LogP contribution in [0.3, 0.4) is 0 Å². The van der Waals surface area contributed by atoms with E-state index in [1.165, 1.54) is 24.3 Å². The Morgan fingerprint density at radius 2 is 1.59 bits per heavy atom. The van der Waals surface area contributed by atoms with Crippen molar-refractivity contribution in [3.8, 4) is 5.75 Å². The van der Waals surface area contributed by atoms with Crippen molar-refractivity contribution in [3.63, 3.8) is 0 Å². The van der Waals surface area contributed by atoms with Crippen molar-refractivity contribution < 1.29 is 36.2 Å². The van der Waals surface area contributed by atoms with E-state index < -0.39 is 36.8 Å². The van der Waals surface area contributed by atoms with E-state index in [-0.39, 0.29) is 16.6 Å². The number of hydrogen-bond donors (Lipinski definition) is 1. The van der Waals surface area contributed by atoms with Gasteiger partial charge in [-0.15, -0.1) is 13.2 Å². The number of fused-ring (bicyclic) bond motifs is 1. The molecule has 0 fully saturated rings. The van der Waals surface area contributed by atoms with E-state index in [0.29, 0.717) is 0 Å².